The number of benzene rings is 2. The number of hydrogen-bond acceptors (Lipinski definition) is 5. The van der Waals surface area contributed by atoms with E-state index in [1.807, 2.05) is 55.6 Å². The van der Waals surface area contributed by atoms with Crippen LogP contribution in [-0.4, -0.2) is 39.3 Å². The summed E-state index contributed by atoms with van der Waals surface area (Å²) in [7, 11) is 4.70. The lowest BCUT2D eigenvalue weighted by Crippen LogP contribution is -3.12. The van der Waals surface area contributed by atoms with E-state index in [4.69, 9.17) is 9.47 Å². The van der Waals surface area contributed by atoms with E-state index in [0.29, 0.717) is 24.7 Å². The Morgan fingerprint density at radius 3 is 2.39 bits per heavy atom. The van der Waals surface area contributed by atoms with E-state index >= 15 is 0 Å². The largest absolute Gasteiger partial charge is 0.493 e. The third-order valence-electron chi connectivity index (χ3n) is 4.49. The predicted molar refractivity (Wildman–Crippen MR) is 104 cm³/mol. The SMILES string of the molecule is COC(=O)NC(=O)[C@H](C)[NH+](C)Cc1ccc(OCc2ccccc2)c(OC)c1. The molecule has 0 saturated carbocycles. The first kappa shape index (κ1) is 21.2. The molecule has 1 unspecified atom stereocenters. The molecule has 0 aliphatic rings. The average Bonchev–Trinajstić information content (AvgIpc) is 2.72. The smallest absolute Gasteiger partial charge is 0.413 e. The van der Waals surface area contributed by atoms with Gasteiger partial charge in [0.2, 0.25) is 0 Å². The molecular formula is C21H27N2O5+. The van der Waals surface area contributed by atoms with Gasteiger partial charge in [0.25, 0.3) is 5.91 Å². The minimum absolute atomic E-state index is 0.390. The molecule has 0 bridgehead atoms. The van der Waals surface area contributed by atoms with E-state index in [-0.39, 0.29) is 5.91 Å². The third kappa shape index (κ3) is 5.99. The molecule has 2 N–H and O–H groups in total. The zero-order valence-electron chi connectivity index (χ0n) is 16.7. The number of rotatable bonds is 8. The highest BCUT2D eigenvalue weighted by molar-refractivity contribution is 5.93. The first-order valence-corrected chi connectivity index (χ1v) is 8.99. The molecule has 2 amide bonds. The molecule has 28 heavy (non-hydrogen) atoms. The summed E-state index contributed by atoms with van der Waals surface area (Å²) in [5.41, 5.74) is 2.06. The summed E-state index contributed by atoms with van der Waals surface area (Å²) in [6.07, 6.45) is -0.758. The molecule has 0 fully saturated rings. The normalized spacial score (nSPS) is 12.6. The van der Waals surface area contributed by atoms with Crippen LogP contribution >= 0.6 is 0 Å². The van der Waals surface area contributed by atoms with E-state index in [1.54, 1.807) is 14.0 Å². The highest BCUT2D eigenvalue weighted by Gasteiger charge is 2.24. The topological polar surface area (TPSA) is 78.3 Å². The fraction of sp³-hybridized carbons (Fsp3) is 0.333. The van der Waals surface area contributed by atoms with Crippen LogP contribution in [0.3, 0.4) is 0 Å². The molecule has 0 aromatic heterocycles. The summed E-state index contributed by atoms with van der Waals surface area (Å²) in [6.45, 7) is 2.78. The molecule has 150 valence electrons. The van der Waals surface area contributed by atoms with Gasteiger partial charge in [-0.2, -0.15) is 0 Å². The molecule has 2 rings (SSSR count). The zero-order valence-corrected chi connectivity index (χ0v) is 16.7. The predicted octanol–water partition coefficient (Wildman–Crippen LogP) is 1.56. The average molecular weight is 387 g/mol. The summed E-state index contributed by atoms with van der Waals surface area (Å²) in [4.78, 5) is 24.2. The van der Waals surface area contributed by atoms with Crippen molar-refractivity contribution in [3.8, 4) is 11.5 Å². The summed E-state index contributed by atoms with van der Waals surface area (Å²) in [5, 5.41) is 2.19. The van der Waals surface area contributed by atoms with Crippen molar-refractivity contribution >= 4 is 12.0 Å². The highest BCUT2D eigenvalue weighted by Crippen LogP contribution is 2.28. The number of nitrogens with one attached hydrogen (secondary N) is 2. The van der Waals surface area contributed by atoms with Gasteiger partial charge in [-0.15, -0.1) is 0 Å². The number of amides is 2. The Labute approximate surface area is 165 Å². The van der Waals surface area contributed by atoms with E-state index in [0.717, 1.165) is 16.0 Å². The van der Waals surface area contributed by atoms with E-state index in [1.165, 1.54) is 7.11 Å². The first-order valence-electron chi connectivity index (χ1n) is 8.99. The molecule has 7 heteroatoms. The second kappa shape index (κ2) is 10.3. The van der Waals surface area contributed by atoms with Crippen LogP contribution in [0.4, 0.5) is 4.79 Å². The molecule has 0 aliphatic heterocycles. The molecular weight excluding hydrogens is 360 g/mol. The fourth-order valence-corrected chi connectivity index (χ4v) is 2.64. The number of hydrogen-bond donors (Lipinski definition) is 2. The lowest BCUT2D eigenvalue weighted by molar-refractivity contribution is -0.908. The van der Waals surface area contributed by atoms with Gasteiger partial charge in [0, 0.05) is 5.56 Å². The van der Waals surface area contributed by atoms with Gasteiger partial charge in [-0.05, 0) is 30.7 Å². The number of carbonyl (C=O) groups is 2. The fourth-order valence-electron chi connectivity index (χ4n) is 2.64. The van der Waals surface area contributed by atoms with Gasteiger partial charge >= 0.3 is 6.09 Å². The number of alkyl carbamates (subject to hydrolysis) is 1. The maximum absolute atomic E-state index is 12.1. The second-order valence-electron chi connectivity index (χ2n) is 6.49. The zero-order chi connectivity index (χ0) is 20.5. The van der Waals surface area contributed by atoms with Crippen LogP contribution in [0.25, 0.3) is 0 Å². The Hall–Kier alpha value is -3.06. The van der Waals surface area contributed by atoms with Crippen molar-refractivity contribution in [2.24, 2.45) is 0 Å². The summed E-state index contributed by atoms with van der Waals surface area (Å²) in [5.74, 6) is 0.899. The maximum Gasteiger partial charge on any atom is 0.413 e. The van der Waals surface area contributed by atoms with Crippen molar-refractivity contribution in [2.45, 2.75) is 26.1 Å². The Morgan fingerprint density at radius 1 is 1.04 bits per heavy atom. The first-order chi connectivity index (χ1) is 13.4. The van der Waals surface area contributed by atoms with Crippen molar-refractivity contribution in [3.05, 3.63) is 59.7 Å². The number of ether oxygens (including phenoxy) is 3. The Bertz CT molecular complexity index is 795. The van der Waals surface area contributed by atoms with Crippen LogP contribution in [0.5, 0.6) is 11.5 Å². The molecule has 0 saturated heterocycles. The Balaban J connectivity index is 2.00. The van der Waals surface area contributed by atoms with Crippen LogP contribution in [0.15, 0.2) is 48.5 Å². The van der Waals surface area contributed by atoms with Gasteiger partial charge in [0.15, 0.2) is 17.5 Å². The van der Waals surface area contributed by atoms with Crippen LogP contribution in [0.2, 0.25) is 0 Å². The minimum Gasteiger partial charge on any atom is -0.493 e. The number of quaternary nitrogens is 1. The molecule has 7 nitrogen and oxygen atoms in total. The van der Waals surface area contributed by atoms with Gasteiger partial charge in [0.1, 0.15) is 13.2 Å². The Kier molecular flexibility index (Phi) is 7.83. The van der Waals surface area contributed by atoms with Crippen molar-refractivity contribution in [3.63, 3.8) is 0 Å². The molecule has 0 spiro atoms. The maximum atomic E-state index is 12.1. The lowest BCUT2D eigenvalue weighted by Gasteiger charge is -2.21. The molecule has 0 heterocycles. The quantitative estimate of drug-likeness (QED) is 0.719. The summed E-state index contributed by atoms with van der Waals surface area (Å²) >= 11 is 0. The molecule has 2 aromatic carbocycles. The van der Waals surface area contributed by atoms with Crippen molar-refractivity contribution < 1.29 is 28.7 Å². The summed E-state index contributed by atoms with van der Waals surface area (Å²) in [6, 6.07) is 15.2. The van der Waals surface area contributed by atoms with Crippen LogP contribution in [0.1, 0.15) is 18.1 Å². The highest BCUT2D eigenvalue weighted by atomic mass is 16.5. The number of imide groups is 1. The van der Waals surface area contributed by atoms with Gasteiger partial charge < -0.3 is 19.1 Å². The monoisotopic (exact) mass is 387 g/mol. The van der Waals surface area contributed by atoms with Crippen LogP contribution in [-0.2, 0) is 22.7 Å². The van der Waals surface area contributed by atoms with Crippen molar-refractivity contribution in [2.75, 3.05) is 21.3 Å². The van der Waals surface area contributed by atoms with Crippen LogP contribution < -0.4 is 19.7 Å². The molecule has 2 atom stereocenters. The standard InChI is InChI=1S/C21H26N2O5/c1-15(20(24)22-21(25)27-4)23(2)13-17-10-11-18(19(12-17)26-3)28-14-16-8-6-5-7-9-16/h5-12,15H,13-14H2,1-4H3,(H,22,24,25)/p+1/t15-/m0/s1. The third-order valence-corrected chi connectivity index (χ3v) is 4.49. The minimum atomic E-state index is -0.758. The summed E-state index contributed by atoms with van der Waals surface area (Å²) < 4.78 is 15.8. The Morgan fingerprint density at radius 2 is 1.75 bits per heavy atom. The molecule has 2 aromatic rings. The van der Waals surface area contributed by atoms with Gasteiger partial charge in [-0.3, -0.25) is 10.1 Å². The van der Waals surface area contributed by atoms with Gasteiger partial charge in [-0.1, -0.05) is 30.3 Å². The number of likely N-dealkylation sites (N-methyl/N-ethyl adjacent to an activating group) is 1. The van der Waals surface area contributed by atoms with Crippen LogP contribution in [0, 0.1) is 0 Å². The van der Waals surface area contributed by atoms with E-state index in [9.17, 15) is 9.59 Å². The van der Waals surface area contributed by atoms with Gasteiger partial charge in [0.05, 0.1) is 21.3 Å². The van der Waals surface area contributed by atoms with Crippen molar-refractivity contribution in [1.29, 1.82) is 0 Å². The van der Waals surface area contributed by atoms with Crippen molar-refractivity contribution in [1.82, 2.24) is 5.32 Å². The van der Waals surface area contributed by atoms with E-state index in [2.05, 4.69) is 10.1 Å². The van der Waals surface area contributed by atoms with Gasteiger partial charge in [-0.25, -0.2) is 4.79 Å². The molecule has 0 aliphatic carbocycles. The molecule has 0 radical (unpaired) electrons. The number of carbonyl (C=O) groups excluding carboxylic acids is 2. The lowest BCUT2D eigenvalue weighted by atomic mass is 10.1. The van der Waals surface area contributed by atoms with E-state index < -0.39 is 12.1 Å². The number of methoxy groups -OCH3 is 2. The second-order valence-corrected chi connectivity index (χ2v) is 6.49.